The number of rotatable bonds is 6. The molecule has 82 valence electrons. The van der Waals surface area contributed by atoms with E-state index in [1.807, 2.05) is 0 Å². The maximum Gasteiger partial charge on any atom is 0.293 e. The van der Waals surface area contributed by atoms with Crippen LogP contribution in [-0.4, -0.2) is 37.3 Å². The van der Waals surface area contributed by atoms with Crippen molar-refractivity contribution in [2.45, 2.75) is 6.42 Å². The Labute approximate surface area is 87.2 Å². The van der Waals surface area contributed by atoms with Crippen molar-refractivity contribution in [2.24, 2.45) is 0 Å². The predicted molar refractivity (Wildman–Crippen MR) is 50.9 cm³/mol. The molecule has 6 heteroatoms. The lowest BCUT2D eigenvalue weighted by Gasteiger charge is -2.07. The van der Waals surface area contributed by atoms with Gasteiger partial charge >= 0.3 is 0 Å². The van der Waals surface area contributed by atoms with Crippen LogP contribution in [0.2, 0.25) is 0 Å². The third-order valence-corrected chi connectivity index (χ3v) is 1.72. The molecule has 1 heterocycles. The summed E-state index contributed by atoms with van der Waals surface area (Å²) in [6, 6.07) is 0. The van der Waals surface area contributed by atoms with Crippen molar-refractivity contribution >= 4 is 6.47 Å². The molecule has 0 spiro atoms. The van der Waals surface area contributed by atoms with Crippen LogP contribution in [0.15, 0.2) is 6.20 Å². The Morgan fingerprint density at radius 3 is 2.80 bits per heavy atom. The highest BCUT2D eigenvalue weighted by Crippen LogP contribution is 2.16. The van der Waals surface area contributed by atoms with Gasteiger partial charge < -0.3 is 14.2 Å². The molecular formula is C9H12N2O4. The fourth-order valence-corrected chi connectivity index (χ4v) is 1.02. The summed E-state index contributed by atoms with van der Waals surface area (Å²) < 4.78 is 14.5. The van der Waals surface area contributed by atoms with E-state index in [9.17, 15) is 4.79 Å². The van der Waals surface area contributed by atoms with E-state index in [4.69, 9.17) is 9.47 Å². The number of methoxy groups -OCH3 is 2. The molecule has 0 atom stereocenters. The van der Waals surface area contributed by atoms with Crippen molar-refractivity contribution in [3.8, 4) is 11.8 Å². The number of ether oxygens (including phenoxy) is 3. The summed E-state index contributed by atoms with van der Waals surface area (Å²) >= 11 is 0. The predicted octanol–water partition coefficient (Wildman–Crippen LogP) is 0.209. The Morgan fingerprint density at radius 1 is 1.40 bits per heavy atom. The van der Waals surface area contributed by atoms with Crippen LogP contribution in [-0.2, 0) is 16.0 Å². The summed E-state index contributed by atoms with van der Waals surface area (Å²) in [5, 5.41) is 0. The van der Waals surface area contributed by atoms with Gasteiger partial charge in [0.15, 0.2) is 0 Å². The average Bonchev–Trinajstić information content (AvgIpc) is 2.29. The third-order valence-electron chi connectivity index (χ3n) is 1.72. The first kappa shape index (κ1) is 11.2. The molecule has 0 aliphatic rings. The van der Waals surface area contributed by atoms with Crippen molar-refractivity contribution in [3.63, 3.8) is 0 Å². The molecule has 0 radical (unpaired) electrons. The zero-order chi connectivity index (χ0) is 11.1. The SMILES string of the molecule is COc1cnc(CCOC=O)c(OC)n1. The summed E-state index contributed by atoms with van der Waals surface area (Å²) in [4.78, 5) is 18.1. The molecule has 15 heavy (non-hydrogen) atoms. The van der Waals surface area contributed by atoms with Gasteiger partial charge in [-0.2, -0.15) is 4.98 Å². The summed E-state index contributed by atoms with van der Waals surface area (Å²) in [6.45, 7) is 0.643. The highest BCUT2D eigenvalue weighted by molar-refractivity contribution is 5.37. The van der Waals surface area contributed by atoms with Gasteiger partial charge in [-0.3, -0.25) is 4.79 Å². The number of hydrogen-bond donors (Lipinski definition) is 0. The molecule has 0 amide bonds. The summed E-state index contributed by atoms with van der Waals surface area (Å²) in [5.74, 6) is 0.760. The van der Waals surface area contributed by atoms with E-state index < -0.39 is 0 Å². The minimum Gasteiger partial charge on any atom is -0.480 e. The van der Waals surface area contributed by atoms with Crippen molar-refractivity contribution in [1.82, 2.24) is 9.97 Å². The average molecular weight is 212 g/mol. The Morgan fingerprint density at radius 2 is 2.20 bits per heavy atom. The van der Waals surface area contributed by atoms with Crippen LogP contribution in [0, 0.1) is 0 Å². The lowest BCUT2D eigenvalue weighted by molar-refractivity contribution is -0.128. The van der Waals surface area contributed by atoms with Crippen molar-refractivity contribution in [3.05, 3.63) is 11.9 Å². The van der Waals surface area contributed by atoms with E-state index in [-0.39, 0.29) is 6.61 Å². The van der Waals surface area contributed by atoms with Gasteiger partial charge in [0.2, 0.25) is 11.8 Å². The van der Waals surface area contributed by atoms with Gasteiger partial charge in [-0.1, -0.05) is 0 Å². The quantitative estimate of drug-likeness (QED) is 0.496. The van der Waals surface area contributed by atoms with Gasteiger partial charge in [-0.15, -0.1) is 0 Å². The first-order valence-electron chi connectivity index (χ1n) is 4.31. The number of carbonyl (C=O) groups excluding carboxylic acids is 1. The Hall–Kier alpha value is -1.85. The second-order valence-electron chi connectivity index (χ2n) is 2.59. The van der Waals surface area contributed by atoms with Gasteiger partial charge in [0, 0.05) is 6.42 Å². The van der Waals surface area contributed by atoms with E-state index in [0.717, 1.165) is 0 Å². The monoisotopic (exact) mass is 212 g/mol. The zero-order valence-corrected chi connectivity index (χ0v) is 8.60. The van der Waals surface area contributed by atoms with E-state index >= 15 is 0 Å². The van der Waals surface area contributed by atoms with Crippen molar-refractivity contribution < 1.29 is 19.0 Å². The molecule has 0 aromatic carbocycles. The van der Waals surface area contributed by atoms with Gasteiger partial charge in [-0.25, -0.2) is 4.98 Å². The smallest absolute Gasteiger partial charge is 0.293 e. The first-order valence-corrected chi connectivity index (χ1v) is 4.31. The number of nitrogens with zero attached hydrogens (tertiary/aromatic N) is 2. The molecule has 0 saturated heterocycles. The largest absolute Gasteiger partial charge is 0.480 e. The second-order valence-corrected chi connectivity index (χ2v) is 2.59. The number of hydrogen-bond acceptors (Lipinski definition) is 6. The van der Waals surface area contributed by atoms with Crippen molar-refractivity contribution in [2.75, 3.05) is 20.8 Å². The molecular weight excluding hydrogens is 200 g/mol. The lowest BCUT2D eigenvalue weighted by Crippen LogP contribution is -2.04. The first-order chi connectivity index (χ1) is 7.31. The van der Waals surface area contributed by atoms with Gasteiger partial charge in [0.25, 0.3) is 6.47 Å². The third kappa shape index (κ3) is 3.08. The van der Waals surface area contributed by atoms with Crippen LogP contribution in [0.3, 0.4) is 0 Å². The molecule has 0 aliphatic heterocycles. The molecule has 1 rings (SSSR count). The second kappa shape index (κ2) is 5.79. The lowest BCUT2D eigenvalue weighted by atomic mass is 10.3. The van der Waals surface area contributed by atoms with Crippen LogP contribution in [0.5, 0.6) is 11.8 Å². The molecule has 0 N–H and O–H groups in total. The van der Waals surface area contributed by atoms with Gasteiger partial charge in [-0.05, 0) is 0 Å². The Bertz CT molecular complexity index is 330. The molecule has 6 nitrogen and oxygen atoms in total. The summed E-state index contributed by atoms with van der Waals surface area (Å²) in [7, 11) is 2.99. The topological polar surface area (TPSA) is 70.5 Å². The van der Waals surface area contributed by atoms with Gasteiger partial charge in [0.1, 0.15) is 5.69 Å². The maximum absolute atomic E-state index is 9.94. The van der Waals surface area contributed by atoms with E-state index in [0.29, 0.717) is 30.3 Å². The standard InChI is InChI=1S/C9H12N2O4/c1-13-8-5-10-7(3-4-15-6-12)9(11-8)14-2/h5-6H,3-4H2,1-2H3. The fourth-order valence-electron chi connectivity index (χ4n) is 1.02. The minimum absolute atomic E-state index is 0.251. The molecule has 0 unspecified atom stereocenters. The fraction of sp³-hybridized carbons (Fsp3) is 0.444. The molecule has 0 aliphatic carbocycles. The Balaban J connectivity index is 2.73. The maximum atomic E-state index is 9.94. The van der Waals surface area contributed by atoms with E-state index in [1.54, 1.807) is 0 Å². The normalized spacial score (nSPS) is 9.47. The molecule has 0 fully saturated rings. The number of aromatic nitrogens is 2. The van der Waals surface area contributed by atoms with Crippen molar-refractivity contribution in [1.29, 1.82) is 0 Å². The van der Waals surface area contributed by atoms with Crippen LogP contribution >= 0.6 is 0 Å². The molecule has 1 aromatic heterocycles. The highest BCUT2D eigenvalue weighted by atomic mass is 16.5. The van der Waals surface area contributed by atoms with Crippen LogP contribution < -0.4 is 9.47 Å². The highest BCUT2D eigenvalue weighted by Gasteiger charge is 2.08. The molecule has 0 saturated carbocycles. The summed E-state index contributed by atoms with van der Waals surface area (Å²) in [5.41, 5.74) is 0.625. The zero-order valence-electron chi connectivity index (χ0n) is 8.60. The van der Waals surface area contributed by atoms with Crippen LogP contribution in [0.25, 0.3) is 0 Å². The van der Waals surface area contributed by atoms with Crippen LogP contribution in [0.4, 0.5) is 0 Å². The Kier molecular flexibility index (Phi) is 4.33. The van der Waals surface area contributed by atoms with Crippen LogP contribution in [0.1, 0.15) is 5.69 Å². The van der Waals surface area contributed by atoms with Gasteiger partial charge in [0.05, 0.1) is 27.0 Å². The van der Waals surface area contributed by atoms with E-state index in [1.165, 1.54) is 20.4 Å². The molecule has 0 bridgehead atoms. The minimum atomic E-state index is 0.251. The van der Waals surface area contributed by atoms with E-state index in [2.05, 4.69) is 14.7 Å². The number of carbonyl (C=O) groups is 1. The summed E-state index contributed by atoms with van der Waals surface area (Å²) in [6.07, 6.45) is 1.94. The molecule has 1 aromatic rings.